The molecule has 0 atom stereocenters. The minimum Gasteiger partial charge on any atom is -0.350 e. The average Bonchev–Trinajstić information content (AvgIpc) is 2.39. The topological polar surface area (TPSA) is 67.5 Å². The van der Waals surface area contributed by atoms with Crippen LogP contribution in [-0.2, 0) is 0 Å². The lowest BCUT2D eigenvalue weighted by molar-refractivity contribution is 0.249. The van der Waals surface area contributed by atoms with Crippen LogP contribution in [0.2, 0.25) is 0 Å². The van der Waals surface area contributed by atoms with Gasteiger partial charge in [-0.1, -0.05) is 24.3 Å². The van der Waals surface area contributed by atoms with Gasteiger partial charge in [-0.25, -0.2) is 19.0 Å². The lowest BCUT2D eigenvalue weighted by atomic mass is 10.0. The first-order valence-electron chi connectivity index (χ1n) is 5.70. The molecule has 0 saturated carbocycles. The van der Waals surface area contributed by atoms with E-state index in [0.717, 1.165) is 6.07 Å². The number of hydrogen-bond donors (Lipinski definition) is 2. The summed E-state index contributed by atoms with van der Waals surface area (Å²) in [5, 5.41) is 3.60. The fourth-order valence-corrected chi connectivity index (χ4v) is 1.64. The molecule has 0 unspecified atom stereocenters. The van der Waals surface area contributed by atoms with E-state index in [2.05, 4.69) is 10.5 Å². The van der Waals surface area contributed by atoms with Gasteiger partial charge in [0, 0.05) is 11.6 Å². The molecule has 0 aliphatic heterocycles. The zero-order valence-electron chi connectivity index (χ0n) is 10.3. The number of carbonyl (C=O) groups is 1. The first-order chi connectivity index (χ1) is 9.56. The van der Waals surface area contributed by atoms with Gasteiger partial charge in [-0.15, -0.1) is 0 Å². The molecular weight excluding hydrogens is 264 g/mol. The minimum atomic E-state index is -0.758. The lowest BCUT2D eigenvalue weighted by Crippen LogP contribution is -2.24. The number of nitrogens with one attached hydrogen (secondary N) is 1. The molecule has 0 aliphatic carbocycles. The largest absolute Gasteiger partial charge is 0.350 e. The fourth-order valence-electron chi connectivity index (χ4n) is 1.64. The molecule has 20 heavy (non-hydrogen) atoms. The maximum atomic E-state index is 13.6. The van der Waals surface area contributed by atoms with E-state index < -0.39 is 17.7 Å². The van der Waals surface area contributed by atoms with Gasteiger partial charge in [-0.05, 0) is 23.3 Å². The molecule has 0 spiro atoms. The number of amides is 2. The Morgan fingerprint density at radius 1 is 1.15 bits per heavy atom. The van der Waals surface area contributed by atoms with Gasteiger partial charge in [0.15, 0.2) is 0 Å². The maximum Gasteiger partial charge on any atom is 0.332 e. The van der Waals surface area contributed by atoms with Gasteiger partial charge in [0.05, 0.1) is 6.21 Å². The normalized spacial score (nSPS) is 10.7. The van der Waals surface area contributed by atoms with Crippen molar-refractivity contribution in [3.05, 3.63) is 59.7 Å². The van der Waals surface area contributed by atoms with Gasteiger partial charge in [-0.2, -0.15) is 5.10 Å². The highest BCUT2D eigenvalue weighted by Gasteiger charge is 2.05. The first-order valence-corrected chi connectivity index (χ1v) is 5.70. The number of rotatable bonds is 3. The van der Waals surface area contributed by atoms with Crippen LogP contribution in [0.3, 0.4) is 0 Å². The maximum absolute atomic E-state index is 13.6. The number of nitrogens with zero attached hydrogens (tertiary/aromatic N) is 1. The first kappa shape index (κ1) is 13.7. The van der Waals surface area contributed by atoms with Gasteiger partial charge in [-0.3, -0.25) is 0 Å². The molecule has 2 aromatic carbocycles. The van der Waals surface area contributed by atoms with E-state index in [0.29, 0.717) is 16.7 Å². The van der Waals surface area contributed by atoms with Crippen LogP contribution < -0.4 is 11.2 Å². The zero-order chi connectivity index (χ0) is 14.5. The van der Waals surface area contributed by atoms with E-state index in [-0.39, 0.29) is 0 Å². The third kappa shape index (κ3) is 3.38. The smallest absolute Gasteiger partial charge is 0.332 e. The van der Waals surface area contributed by atoms with E-state index in [1.807, 2.05) is 0 Å². The predicted octanol–water partition coefficient (Wildman–Crippen LogP) is 2.63. The van der Waals surface area contributed by atoms with Crippen LogP contribution in [0.5, 0.6) is 0 Å². The molecule has 0 aliphatic rings. The summed E-state index contributed by atoms with van der Waals surface area (Å²) in [6, 6.07) is 9.36. The number of carbonyl (C=O) groups excluding carboxylic acids is 1. The SMILES string of the molecule is NC(=O)NN=Cc1ccc(-c2ccc(F)cc2F)cc1. The Labute approximate surface area is 113 Å². The summed E-state index contributed by atoms with van der Waals surface area (Å²) >= 11 is 0. The van der Waals surface area contributed by atoms with E-state index in [1.165, 1.54) is 18.3 Å². The highest BCUT2D eigenvalue weighted by molar-refractivity contribution is 5.82. The molecule has 0 radical (unpaired) electrons. The van der Waals surface area contributed by atoms with E-state index in [9.17, 15) is 13.6 Å². The molecule has 2 aromatic rings. The highest BCUT2D eigenvalue weighted by Crippen LogP contribution is 2.23. The van der Waals surface area contributed by atoms with Crippen molar-refractivity contribution in [2.75, 3.05) is 0 Å². The molecule has 102 valence electrons. The van der Waals surface area contributed by atoms with E-state index >= 15 is 0 Å². The monoisotopic (exact) mass is 275 g/mol. The Morgan fingerprint density at radius 2 is 1.85 bits per heavy atom. The Morgan fingerprint density at radius 3 is 2.45 bits per heavy atom. The summed E-state index contributed by atoms with van der Waals surface area (Å²) in [6.45, 7) is 0. The van der Waals surface area contributed by atoms with Gasteiger partial charge in [0.25, 0.3) is 0 Å². The standard InChI is InChI=1S/C14H11F2N3O/c15-11-5-6-12(13(16)7-11)10-3-1-9(2-4-10)8-18-19-14(17)20/h1-8H,(H3,17,19,20). The van der Waals surface area contributed by atoms with Crippen molar-refractivity contribution in [1.82, 2.24) is 5.43 Å². The third-order valence-electron chi connectivity index (χ3n) is 2.54. The fraction of sp³-hybridized carbons (Fsp3) is 0. The van der Waals surface area contributed by atoms with Gasteiger partial charge >= 0.3 is 6.03 Å². The molecule has 0 heterocycles. The molecule has 6 heteroatoms. The van der Waals surface area contributed by atoms with Crippen molar-refractivity contribution in [1.29, 1.82) is 0 Å². The number of nitrogens with two attached hydrogens (primary N) is 1. The molecule has 3 N–H and O–H groups in total. The van der Waals surface area contributed by atoms with Crippen molar-refractivity contribution in [2.45, 2.75) is 0 Å². The summed E-state index contributed by atoms with van der Waals surface area (Å²) in [5.74, 6) is -1.24. The second kappa shape index (κ2) is 5.92. The molecule has 0 saturated heterocycles. The number of primary amides is 1. The Kier molecular flexibility index (Phi) is 4.05. The highest BCUT2D eigenvalue weighted by atomic mass is 19.1. The molecule has 0 bridgehead atoms. The lowest BCUT2D eigenvalue weighted by Gasteiger charge is -2.04. The Hall–Kier alpha value is -2.76. The van der Waals surface area contributed by atoms with Gasteiger partial charge in [0.1, 0.15) is 11.6 Å². The molecule has 2 amide bonds. The van der Waals surface area contributed by atoms with Crippen molar-refractivity contribution < 1.29 is 13.6 Å². The van der Waals surface area contributed by atoms with Crippen LogP contribution in [0.4, 0.5) is 13.6 Å². The van der Waals surface area contributed by atoms with Crippen molar-refractivity contribution in [2.24, 2.45) is 10.8 Å². The molecule has 0 fully saturated rings. The number of benzene rings is 2. The number of halogens is 2. The summed E-state index contributed by atoms with van der Waals surface area (Å²) < 4.78 is 26.4. The van der Waals surface area contributed by atoms with Crippen molar-refractivity contribution in [3.8, 4) is 11.1 Å². The molecule has 4 nitrogen and oxygen atoms in total. The van der Waals surface area contributed by atoms with Crippen LogP contribution in [-0.4, -0.2) is 12.2 Å². The summed E-state index contributed by atoms with van der Waals surface area (Å²) in [5.41, 5.74) is 8.53. The predicted molar refractivity (Wildman–Crippen MR) is 72.1 cm³/mol. The second-order valence-corrected chi connectivity index (χ2v) is 3.98. The van der Waals surface area contributed by atoms with Gasteiger partial charge < -0.3 is 5.73 Å². The summed E-state index contributed by atoms with van der Waals surface area (Å²) in [7, 11) is 0. The summed E-state index contributed by atoms with van der Waals surface area (Å²) in [6.07, 6.45) is 1.40. The molecule has 0 aromatic heterocycles. The number of urea groups is 1. The molecular formula is C14H11F2N3O. The Bertz CT molecular complexity index is 654. The Balaban J connectivity index is 2.19. The average molecular weight is 275 g/mol. The van der Waals surface area contributed by atoms with Crippen LogP contribution in [0.1, 0.15) is 5.56 Å². The number of hydrazone groups is 1. The van der Waals surface area contributed by atoms with Crippen molar-refractivity contribution in [3.63, 3.8) is 0 Å². The number of hydrogen-bond acceptors (Lipinski definition) is 2. The second-order valence-electron chi connectivity index (χ2n) is 3.98. The zero-order valence-corrected chi connectivity index (χ0v) is 10.3. The quantitative estimate of drug-likeness (QED) is 0.656. The van der Waals surface area contributed by atoms with E-state index in [4.69, 9.17) is 5.73 Å². The van der Waals surface area contributed by atoms with Crippen LogP contribution in [0.15, 0.2) is 47.6 Å². The third-order valence-corrected chi connectivity index (χ3v) is 2.54. The van der Waals surface area contributed by atoms with Crippen LogP contribution in [0, 0.1) is 11.6 Å². The van der Waals surface area contributed by atoms with Crippen LogP contribution >= 0.6 is 0 Å². The van der Waals surface area contributed by atoms with Gasteiger partial charge in [0.2, 0.25) is 0 Å². The minimum absolute atomic E-state index is 0.310. The van der Waals surface area contributed by atoms with E-state index in [1.54, 1.807) is 24.3 Å². The van der Waals surface area contributed by atoms with Crippen LogP contribution in [0.25, 0.3) is 11.1 Å². The summed E-state index contributed by atoms with van der Waals surface area (Å²) in [4.78, 5) is 10.4. The van der Waals surface area contributed by atoms with Crippen molar-refractivity contribution >= 4 is 12.2 Å². The molecule has 2 rings (SSSR count).